The Bertz CT molecular complexity index is 407. The number of nitrogens with one attached hydrogen (secondary N) is 1. The van der Waals surface area contributed by atoms with Crippen LogP contribution in [0.2, 0.25) is 5.02 Å². The number of methoxy groups -OCH3 is 1. The molecule has 1 heterocycles. The fourth-order valence-corrected chi connectivity index (χ4v) is 3.60. The van der Waals surface area contributed by atoms with E-state index in [1.165, 1.54) is 19.3 Å². The molecule has 4 nitrogen and oxygen atoms in total. The minimum Gasteiger partial charge on any atom is -0.376 e. The van der Waals surface area contributed by atoms with Crippen LogP contribution in [-0.4, -0.2) is 29.0 Å². The van der Waals surface area contributed by atoms with Gasteiger partial charge in [0, 0.05) is 14.2 Å². The van der Waals surface area contributed by atoms with Crippen LogP contribution in [0.1, 0.15) is 57.2 Å². The highest BCUT2D eigenvalue weighted by Crippen LogP contribution is 2.42. The van der Waals surface area contributed by atoms with Crippen molar-refractivity contribution in [3.63, 3.8) is 0 Å². The van der Waals surface area contributed by atoms with Crippen molar-refractivity contribution >= 4 is 11.6 Å². The Labute approximate surface area is 126 Å². The third-order valence-electron chi connectivity index (χ3n) is 4.44. The summed E-state index contributed by atoms with van der Waals surface area (Å²) in [4.78, 5) is 0. The topological polar surface area (TPSA) is 39.1 Å². The van der Waals surface area contributed by atoms with Gasteiger partial charge in [-0.1, -0.05) is 37.8 Å². The van der Waals surface area contributed by atoms with Crippen molar-refractivity contribution in [1.82, 2.24) is 15.1 Å². The zero-order valence-corrected chi connectivity index (χ0v) is 13.5. The van der Waals surface area contributed by atoms with E-state index in [9.17, 15) is 0 Å². The lowest BCUT2D eigenvalue weighted by Crippen LogP contribution is -2.48. The van der Waals surface area contributed by atoms with Gasteiger partial charge in [-0.2, -0.15) is 5.10 Å². The van der Waals surface area contributed by atoms with Gasteiger partial charge in [-0.15, -0.1) is 0 Å². The van der Waals surface area contributed by atoms with Gasteiger partial charge in [0.05, 0.1) is 28.6 Å². The number of hydrogen-bond acceptors (Lipinski definition) is 3. The van der Waals surface area contributed by atoms with Crippen LogP contribution in [0.5, 0.6) is 0 Å². The van der Waals surface area contributed by atoms with Gasteiger partial charge in [-0.05, 0) is 25.8 Å². The Morgan fingerprint density at radius 3 is 2.65 bits per heavy atom. The molecule has 0 saturated heterocycles. The minimum absolute atomic E-state index is 0.104. The Kier molecular flexibility index (Phi) is 5.47. The second-order valence-corrected chi connectivity index (χ2v) is 6.13. The summed E-state index contributed by atoms with van der Waals surface area (Å²) < 4.78 is 7.89. The smallest absolute Gasteiger partial charge is 0.0888 e. The number of aromatic nitrogens is 2. The van der Waals surface area contributed by atoms with Crippen molar-refractivity contribution in [2.75, 3.05) is 13.7 Å². The molecule has 114 valence electrons. The van der Waals surface area contributed by atoms with E-state index in [1.54, 1.807) is 6.20 Å². The first-order chi connectivity index (χ1) is 9.64. The van der Waals surface area contributed by atoms with E-state index in [-0.39, 0.29) is 11.6 Å². The quantitative estimate of drug-likeness (QED) is 0.874. The zero-order valence-electron chi connectivity index (χ0n) is 12.8. The molecular weight excluding hydrogens is 274 g/mol. The van der Waals surface area contributed by atoms with Gasteiger partial charge < -0.3 is 10.1 Å². The van der Waals surface area contributed by atoms with Crippen LogP contribution in [-0.2, 0) is 11.8 Å². The minimum atomic E-state index is -0.162. The summed E-state index contributed by atoms with van der Waals surface area (Å²) in [6, 6.07) is 0.104. The van der Waals surface area contributed by atoms with E-state index in [1.807, 2.05) is 18.8 Å². The molecular formula is C15H26ClN3O. The van der Waals surface area contributed by atoms with Gasteiger partial charge in [0.2, 0.25) is 0 Å². The molecule has 2 rings (SSSR count). The fourth-order valence-electron chi connectivity index (χ4n) is 3.33. The fraction of sp³-hybridized carbons (Fsp3) is 0.800. The molecule has 1 unspecified atom stereocenters. The number of rotatable bonds is 6. The second-order valence-electron chi connectivity index (χ2n) is 5.72. The van der Waals surface area contributed by atoms with Crippen LogP contribution in [0.4, 0.5) is 0 Å². The maximum Gasteiger partial charge on any atom is 0.0888 e. The normalized spacial score (nSPS) is 20.0. The molecule has 0 aromatic carbocycles. The van der Waals surface area contributed by atoms with Crippen molar-refractivity contribution in [2.24, 2.45) is 7.05 Å². The molecule has 0 radical (unpaired) electrons. The number of halogens is 1. The molecule has 1 fully saturated rings. The van der Waals surface area contributed by atoms with E-state index in [0.29, 0.717) is 0 Å². The van der Waals surface area contributed by atoms with Crippen molar-refractivity contribution in [2.45, 2.75) is 57.1 Å². The Hall–Kier alpha value is -0.580. The molecule has 20 heavy (non-hydrogen) atoms. The molecule has 0 aliphatic heterocycles. The highest BCUT2D eigenvalue weighted by Gasteiger charge is 2.42. The van der Waals surface area contributed by atoms with Crippen molar-refractivity contribution in [1.29, 1.82) is 0 Å². The standard InChI is InChI=1S/C15H26ClN3O/c1-4-10-17-14(13-12(16)11-18-19(13)2)15(20-3)8-6-5-7-9-15/h11,14,17H,4-10H2,1-3H3. The van der Waals surface area contributed by atoms with Gasteiger partial charge in [-0.3, -0.25) is 4.68 Å². The summed E-state index contributed by atoms with van der Waals surface area (Å²) in [5, 5.41) is 8.66. The molecule has 1 aromatic rings. The van der Waals surface area contributed by atoms with Crippen molar-refractivity contribution < 1.29 is 4.74 Å². The molecule has 0 spiro atoms. The number of nitrogens with zero attached hydrogens (tertiary/aromatic N) is 2. The van der Waals surface area contributed by atoms with E-state index < -0.39 is 0 Å². The van der Waals surface area contributed by atoms with Gasteiger partial charge in [0.1, 0.15) is 0 Å². The molecule has 1 aromatic heterocycles. The SMILES string of the molecule is CCCNC(c1c(Cl)cnn1C)C1(OC)CCCCC1. The lowest BCUT2D eigenvalue weighted by molar-refractivity contribution is -0.0704. The molecule has 0 bridgehead atoms. The summed E-state index contributed by atoms with van der Waals surface area (Å²) in [7, 11) is 3.78. The Morgan fingerprint density at radius 1 is 1.45 bits per heavy atom. The number of hydrogen-bond donors (Lipinski definition) is 1. The third-order valence-corrected chi connectivity index (χ3v) is 4.73. The lowest BCUT2D eigenvalue weighted by Gasteiger charge is -2.43. The summed E-state index contributed by atoms with van der Waals surface area (Å²) in [6.07, 6.45) is 8.69. The van der Waals surface area contributed by atoms with E-state index in [4.69, 9.17) is 16.3 Å². The van der Waals surface area contributed by atoms with E-state index >= 15 is 0 Å². The van der Waals surface area contributed by atoms with Crippen LogP contribution in [0.15, 0.2) is 6.20 Å². The van der Waals surface area contributed by atoms with Crippen LogP contribution < -0.4 is 5.32 Å². The molecule has 0 amide bonds. The average Bonchev–Trinajstić information content (AvgIpc) is 2.80. The predicted molar refractivity (Wildman–Crippen MR) is 82.1 cm³/mol. The van der Waals surface area contributed by atoms with Crippen LogP contribution in [0.25, 0.3) is 0 Å². The molecule has 5 heteroatoms. The highest BCUT2D eigenvalue weighted by molar-refractivity contribution is 6.31. The van der Waals surface area contributed by atoms with Crippen LogP contribution in [0, 0.1) is 0 Å². The molecule has 1 atom stereocenters. The second kappa shape index (κ2) is 6.92. The summed E-state index contributed by atoms with van der Waals surface area (Å²) in [5.41, 5.74) is 0.883. The van der Waals surface area contributed by atoms with Gasteiger partial charge in [-0.25, -0.2) is 0 Å². The van der Waals surface area contributed by atoms with Gasteiger partial charge in [0.25, 0.3) is 0 Å². The number of aryl methyl sites for hydroxylation is 1. The van der Waals surface area contributed by atoms with E-state index in [0.717, 1.165) is 36.5 Å². The van der Waals surface area contributed by atoms with Gasteiger partial charge in [0.15, 0.2) is 0 Å². The van der Waals surface area contributed by atoms with Crippen molar-refractivity contribution in [3.8, 4) is 0 Å². The first kappa shape index (κ1) is 15.8. The van der Waals surface area contributed by atoms with Crippen LogP contribution in [0.3, 0.4) is 0 Å². The van der Waals surface area contributed by atoms with Crippen molar-refractivity contribution in [3.05, 3.63) is 16.9 Å². The largest absolute Gasteiger partial charge is 0.376 e. The van der Waals surface area contributed by atoms with Gasteiger partial charge >= 0.3 is 0 Å². The summed E-state index contributed by atoms with van der Waals surface area (Å²) in [6.45, 7) is 3.13. The van der Waals surface area contributed by atoms with Crippen LogP contribution >= 0.6 is 11.6 Å². The molecule has 1 N–H and O–H groups in total. The molecule has 1 saturated carbocycles. The monoisotopic (exact) mass is 299 g/mol. The maximum absolute atomic E-state index is 6.38. The Balaban J connectivity index is 2.35. The molecule has 1 aliphatic carbocycles. The maximum atomic E-state index is 6.38. The lowest BCUT2D eigenvalue weighted by atomic mass is 9.77. The summed E-state index contributed by atoms with van der Waals surface area (Å²) in [5.74, 6) is 0. The Morgan fingerprint density at radius 2 is 2.15 bits per heavy atom. The summed E-state index contributed by atoms with van der Waals surface area (Å²) >= 11 is 6.38. The number of ether oxygens (including phenoxy) is 1. The first-order valence-electron chi connectivity index (χ1n) is 7.60. The van der Waals surface area contributed by atoms with E-state index in [2.05, 4.69) is 17.3 Å². The zero-order chi connectivity index (χ0) is 14.6. The molecule has 1 aliphatic rings. The first-order valence-corrected chi connectivity index (χ1v) is 7.98. The third kappa shape index (κ3) is 3.02. The highest BCUT2D eigenvalue weighted by atomic mass is 35.5. The average molecular weight is 300 g/mol. The predicted octanol–water partition coefficient (Wildman–Crippen LogP) is 3.46.